The van der Waals surface area contributed by atoms with Crippen LogP contribution in [0.25, 0.3) is 0 Å². The third-order valence-electron chi connectivity index (χ3n) is 4.37. The Bertz CT molecular complexity index is 239. The summed E-state index contributed by atoms with van der Waals surface area (Å²) in [5.41, 5.74) is 0. The van der Waals surface area contributed by atoms with Crippen LogP contribution in [0.5, 0.6) is 0 Å². The van der Waals surface area contributed by atoms with Crippen LogP contribution in [0.4, 0.5) is 0 Å². The Balaban J connectivity index is 1.79. The molecule has 1 heterocycles. The van der Waals surface area contributed by atoms with Crippen molar-refractivity contribution >= 4 is 0 Å². The Labute approximate surface area is 112 Å². The van der Waals surface area contributed by atoms with E-state index in [-0.39, 0.29) is 0 Å². The first-order valence-electron chi connectivity index (χ1n) is 7.64. The van der Waals surface area contributed by atoms with E-state index in [4.69, 9.17) is 9.47 Å². The fraction of sp³-hybridized carbons (Fsp3) is 1.00. The summed E-state index contributed by atoms with van der Waals surface area (Å²) < 4.78 is 11.5. The van der Waals surface area contributed by atoms with Crippen LogP contribution in [0.1, 0.15) is 59.3 Å². The smallest absolute Gasteiger partial charge is 0.162 e. The molecule has 1 N–H and O–H groups in total. The summed E-state index contributed by atoms with van der Waals surface area (Å²) in [6.07, 6.45) is 8.25. The van der Waals surface area contributed by atoms with E-state index in [0.717, 1.165) is 19.1 Å². The van der Waals surface area contributed by atoms with Crippen molar-refractivity contribution in [3.8, 4) is 0 Å². The van der Waals surface area contributed by atoms with Crippen LogP contribution in [-0.4, -0.2) is 31.1 Å². The molecule has 0 amide bonds. The molecule has 0 aromatic rings. The molecular weight excluding hydrogens is 226 g/mol. The lowest BCUT2D eigenvalue weighted by Gasteiger charge is -2.39. The Hall–Kier alpha value is -0.120. The van der Waals surface area contributed by atoms with Crippen molar-refractivity contribution < 1.29 is 9.47 Å². The number of hydrogen-bond donors (Lipinski definition) is 1. The highest BCUT2D eigenvalue weighted by atomic mass is 16.7. The molecule has 106 valence electrons. The Kier molecular flexibility index (Phi) is 5.05. The van der Waals surface area contributed by atoms with Gasteiger partial charge in [0, 0.05) is 6.04 Å². The predicted octanol–water partition coefficient (Wildman–Crippen LogP) is 3.09. The highest BCUT2D eigenvalue weighted by molar-refractivity contribution is 4.83. The zero-order chi connectivity index (χ0) is 13.0. The van der Waals surface area contributed by atoms with Crippen molar-refractivity contribution in [2.75, 3.05) is 13.2 Å². The molecule has 1 aliphatic carbocycles. The van der Waals surface area contributed by atoms with E-state index in [1.165, 1.54) is 38.5 Å². The minimum absolute atomic E-state index is 0.366. The Morgan fingerprint density at radius 3 is 2.28 bits per heavy atom. The Morgan fingerprint density at radius 2 is 1.72 bits per heavy atom. The van der Waals surface area contributed by atoms with Crippen LogP contribution in [0.3, 0.4) is 0 Å². The first-order chi connectivity index (χ1) is 8.61. The molecule has 18 heavy (non-hydrogen) atoms. The maximum atomic E-state index is 5.73. The van der Waals surface area contributed by atoms with E-state index in [9.17, 15) is 0 Å². The van der Waals surface area contributed by atoms with Crippen LogP contribution in [0.2, 0.25) is 0 Å². The molecule has 2 fully saturated rings. The zero-order valence-electron chi connectivity index (χ0n) is 12.2. The molecule has 3 heteroatoms. The highest BCUT2D eigenvalue weighted by Gasteiger charge is 2.31. The van der Waals surface area contributed by atoms with Gasteiger partial charge in [-0.25, -0.2) is 0 Å². The second-order valence-electron chi connectivity index (χ2n) is 6.30. The van der Waals surface area contributed by atoms with Gasteiger partial charge < -0.3 is 14.8 Å². The molecule has 1 atom stereocenters. The van der Waals surface area contributed by atoms with Crippen molar-refractivity contribution in [3.63, 3.8) is 0 Å². The summed E-state index contributed by atoms with van der Waals surface area (Å²) in [6, 6.07) is 1.01. The molecule has 2 rings (SSSR count). The third-order valence-corrected chi connectivity index (χ3v) is 4.37. The van der Waals surface area contributed by atoms with E-state index in [2.05, 4.69) is 12.2 Å². The molecule has 0 radical (unpaired) electrons. The van der Waals surface area contributed by atoms with Crippen LogP contribution < -0.4 is 5.32 Å². The van der Waals surface area contributed by atoms with Crippen LogP contribution in [0.15, 0.2) is 0 Å². The average Bonchev–Trinajstić information content (AvgIpc) is 2.39. The van der Waals surface area contributed by atoms with Crippen molar-refractivity contribution in [2.45, 2.75) is 77.2 Å². The van der Waals surface area contributed by atoms with Gasteiger partial charge in [0.1, 0.15) is 0 Å². The third kappa shape index (κ3) is 3.94. The molecule has 2 aliphatic rings. The lowest BCUT2D eigenvalue weighted by atomic mass is 9.82. The summed E-state index contributed by atoms with van der Waals surface area (Å²) in [4.78, 5) is 0. The minimum Gasteiger partial charge on any atom is -0.349 e. The maximum Gasteiger partial charge on any atom is 0.162 e. The van der Waals surface area contributed by atoms with Crippen molar-refractivity contribution in [3.05, 3.63) is 0 Å². The van der Waals surface area contributed by atoms with Gasteiger partial charge in [0.05, 0.1) is 19.3 Å². The Morgan fingerprint density at radius 1 is 1.11 bits per heavy atom. The molecule has 1 saturated heterocycles. The van der Waals surface area contributed by atoms with Gasteiger partial charge in [-0.1, -0.05) is 26.2 Å². The van der Waals surface area contributed by atoms with E-state index < -0.39 is 5.79 Å². The van der Waals surface area contributed by atoms with Crippen molar-refractivity contribution in [2.24, 2.45) is 5.92 Å². The molecule has 0 aromatic carbocycles. The van der Waals surface area contributed by atoms with E-state index in [0.29, 0.717) is 12.1 Å². The molecule has 1 aliphatic heterocycles. The first-order valence-corrected chi connectivity index (χ1v) is 7.64. The molecule has 0 bridgehead atoms. The predicted molar refractivity (Wildman–Crippen MR) is 73.6 cm³/mol. The second kappa shape index (κ2) is 6.36. The number of hydrogen-bond acceptors (Lipinski definition) is 3. The van der Waals surface area contributed by atoms with Gasteiger partial charge >= 0.3 is 0 Å². The molecule has 1 unspecified atom stereocenters. The van der Waals surface area contributed by atoms with Crippen molar-refractivity contribution in [1.82, 2.24) is 5.32 Å². The second-order valence-corrected chi connectivity index (χ2v) is 6.30. The highest BCUT2D eigenvalue weighted by Crippen LogP contribution is 2.28. The number of nitrogens with one attached hydrogen (secondary N) is 1. The summed E-state index contributed by atoms with van der Waals surface area (Å²) >= 11 is 0. The molecule has 0 spiro atoms. The summed E-state index contributed by atoms with van der Waals surface area (Å²) in [5.74, 6) is 0.462. The monoisotopic (exact) mass is 255 g/mol. The average molecular weight is 255 g/mol. The van der Waals surface area contributed by atoms with E-state index in [1.807, 2.05) is 13.8 Å². The summed E-state index contributed by atoms with van der Waals surface area (Å²) in [6.45, 7) is 7.82. The summed E-state index contributed by atoms with van der Waals surface area (Å²) in [5, 5.41) is 3.76. The summed E-state index contributed by atoms with van der Waals surface area (Å²) in [7, 11) is 0. The van der Waals surface area contributed by atoms with Gasteiger partial charge in [-0.3, -0.25) is 0 Å². The maximum absolute atomic E-state index is 5.73. The molecule has 3 nitrogen and oxygen atoms in total. The molecular formula is C15H29NO2. The lowest BCUT2D eigenvalue weighted by molar-refractivity contribution is -0.253. The van der Waals surface area contributed by atoms with Crippen molar-refractivity contribution in [1.29, 1.82) is 0 Å². The lowest BCUT2D eigenvalue weighted by Crippen LogP contribution is -2.53. The van der Waals surface area contributed by atoms with Crippen LogP contribution >= 0.6 is 0 Å². The quantitative estimate of drug-likeness (QED) is 0.837. The molecule has 0 aromatic heterocycles. The molecule has 1 saturated carbocycles. The fourth-order valence-corrected chi connectivity index (χ4v) is 3.22. The topological polar surface area (TPSA) is 30.5 Å². The SMILES string of the molecule is CCC(NC1COC(C)(C)OC1)C1CCCCC1. The van der Waals surface area contributed by atoms with Crippen LogP contribution in [0, 0.1) is 5.92 Å². The van der Waals surface area contributed by atoms with Crippen LogP contribution in [-0.2, 0) is 9.47 Å². The fourth-order valence-electron chi connectivity index (χ4n) is 3.22. The van der Waals surface area contributed by atoms with Gasteiger partial charge in [0.25, 0.3) is 0 Å². The minimum atomic E-state index is -0.398. The number of rotatable bonds is 4. The first kappa shape index (κ1) is 14.3. The van der Waals surface area contributed by atoms with E-state index in [1.54, 1.807) is 0 Å². The zero-order valence-corrected chi connectivity index (χ0v) is 12.2. The van der Waals surface area contributed by atoms with Gasteiger partial charge in [-0.2, -0.15) is 0 Å². The standard InChI is InChI=1S/C15H29NO2/c1-4-14(12-8-6-5-7-9-12)16-13-10-17-15(2,3)18-11-13/h12-14,16H,4-11H2,1-3H3. The normalized spacial score (nSPS) is 28.2. The van der Waals surface area contributed by atoms with Gasteiger partial charge in [0.2, 0.25) is 0 Å². The largest absolute Gasteiger partial charge is 0.349 e. The van der Waals surface area contributed by atoms with Gasteiger partial charge in [-0.15, -0.1) is 0 Å². The van der Waals surface area contributed by atoms with Gasteiger partial charge in [-0.05, 0) is 39.0 Å². The van der Waals surface area contributed by atoms with Gasteiger partial charge in [0.15, 0.2) is 5.79 Å². The van der Waals surface area contributed by atoms with E-state index >= 15 is 0 Å². The number of ether oxygens (including phenoxy) is 2.